The lowest BCUT2D eigenvalue weighted by atomic mass is 9.97. The van der Waals surface area contributed by atoms with Crippen molar-refractivity contribution in [3.63, 3.8) is 0 Å². The molecule has 0 aliphatic carbocycles. The number of carbonyl (C=O) groups excluding carboxylic acids is 1. The summed E-state index contributed by atoms with van der Waals surface area (Å²) in [6.07, 6.45) is -3.40. The van der Waals surface area contributed by atoms with Crippen molar-refractivity contribution in [1.29, 1.82) is 0 Å². The van der Waals surface area contributed by atoms with E-state index >= 15 is 0 Å². The van der Waals surface area contributed by atoms with Crippen LogP contribution in [0.1, 0.15) is 34.2 Å². The molecule has 0 amide bonds. The van der Waals surface area contributed by atoms with Gasteiger partial charge >= 0.3 is 6.18 Å². The number of rotatable bonds is 5. The Hall–Kier alpha value is -3.41. The molecule has 3 nitrogen and oxygen atoms in total. The molecule has 0 fully saturated rings. The lowest BCUT2D eigenvalue weighted by molar-refractivity contribution is -0.137. The Morgan fingerprint density at radius 3 is 2.53 bits per heavy atom. The van der Waals surface area contributed by atoms with Crippen LogP contribution in [0.25, 0.3) is 22.2 Å². The number of ketones is 1. The smallest absolute Gasteiger partial charge is 0.342 e. The van der Waals surface area contributed by atoms with E-state index < -0.39 is 11.7 Å². The topological polar surface area (TPSA) is 45.8 Å². The molecule has 6 heteroatoms. The molecule has 4 rings (SSSR count). The van der Waals surface area contributed by atoms with Gasteiger partial charge in [0.05, 0.1) is 16.6 Å². The summed E-state index contributed by atoms with van der Waals surface area (Å²) in [6, 6.07) is 18.5. The standard InChI is InChI=1S/C24H19F3N2O/c1-15(30)19-7-2-3-8-20(19)17-10-11-21-22(14-17)29-23(28-21)12-9-16-5-4-6-18(13-16)24(25,26)27/h2-8,10-11,13-14H,9,12H2,1H3,(H,28,29). The van der Waals surface area contributed by atoms with Gasteiger partial charge in [-0.2, -0.15) is 13.2 Å². The van der Waals surface area contributed by atoms with Crippen LogP contribution in [0.2, 0.25) is 0 Å². The average Bonchev–Trinajstić information content (AvgIpc) is 3.14. The molecule has 1 aromatic heterocycles. The number of hydrogen-bond acceptors (Lipinski definition) is 2. The minimum atomic E-state index is -4.35. The third-order valence-corrected chi connectivity index (χ3v) is 5.05. The van der Waals surface area contributed by atoms with Crippen LogP contribution in [0, 0.1) is 0 Å². The maximum Gasteiger partial charge on any atom is 0.416 e. The molecule has 0 saturated heterocycles. The number of halogens is 3. The minimum Gasteiger partial charge on any atom is -0.342 e. The third kappa shape index (κ3) is 4.13. The van der Waals surface area contributed by atoms with Crippen LogP contribution in [0.5, 0.6) is 0 Å². The Balaban J connectivity index is 1.57. The number of H-pyrrole nitrogens is 1. The van der Waals surface area contributed by atoms with Gasteiger partial charge in [-0.25, -0.2) is 4.98 Å². The zero-order chi connectivity index (χ0) is 21.3. The molecule has 0 spiro atoms. The summed E-state index contributed by atoms with van der Waals surface area (Å²) >= 11 is 0. The summed E-state index contributed by atoms with van der Waals surface area (Å²) in [5.41, 5.74) is 3.98. The summed E-state index contributed by atoms with van der Waals surface area (Å²) < 4.78 is 38.7. The van der Waals surface area contributed by atoms with E-state index in [1.165, 1.54) is 12.1 Å². The van der Waals surface area contributed by atoms with Gasteiger partial charge < -0.3 is 4.98 Å². The molecule has 0 bridgehead atoms. The number of aromatic amines is 1. The van der Waals surface area contributed by atoms with Gasteiger partial charge in [-0.05, 0) is 48.2 Å². The fourth-order valence-electron chi connectivity index (χ4n) is 3.56. The molecular weight excluding hydrogens is 389 g/mol. The number of benzene rings is 3. The van der Waals surface area contributed by atoms with Crippen molar-refractivity contribution < 1.29 is 18.0 Å². The third-order valence-electron chi connectivity index (χ3n) is 5.05. The number of nitrogens with one attached hydrogen (secondary N) is 1. The highest BCUT2D eigenvalue weighted by Gasteiger charge is 2.30. The Labute approximate surface area is 171 Å². The Bertz CT molecular complexity index is 1220. The van der Waals surface area contributed by atoms with Crippen molar-refractivity contribution >= 4 is 16.8 Å². The molecule has 0 aliphatic heterocycles. The van der Waals surface area contributed by atoms with Gasteiger partial charge in [0.1, 0.15) is 5.82 Å². The fourth-order valence-corrected chi connectivity index (χ4v) is 3.56. The Morgan fingerprint density at radius 1 is 0.967 bits per heavy atom. The van der Waals surface area contributed by atoms with Crippen LogP contribution in [0.4, 0.5) is 13.2 Å². The van der Waals surface area contributed by atoms with Gasteiger partial charge in [0, 0.05) is 12.0 Å². The molecular formula is C24H19F3N2O. The first-order valence-corrected chi connectivity index (χ1v) is 9.56. The summed E-state index contributed by atoms with van der Waals surface area (Å²) in [6.45, 7) is 1.54. The predicted molar refractivity (Wildman–Crippen MR) is 110 cm³/mol. The highest BCUT2D eigenvalue weighted by molar-refractivity contribution is 6.01. The van der Waals surface area contributed by atoms with Crippen LogP contribution in [0.15, 0.2) is 66.7 Å². The second kappa shape index (κ2) is 7.78. The quantitative estimate of drug-likeness (QED) is 0.398. The number of imidazole rings is 1. The summed E-state index contributed by atoms with van der Waals surface area (Å²) in [7, 11) is 0. The molecule has 0 aliphatic rings. The molecule has 4 aromatic rings. The highest BCUT2D eigenvalue weighted by atomic mass is 19.4. The van der Waals surface area contributed by atoms with Crippen LogP contribution < -0.4 is 0 Å². The monoisotopic (exact) mass is 408 g/mol. The first kappa shape index (κ1) is 19.9. The number of carbonyl (C=O) groups is 1. The number of aryl methyl sites for hydroxylation is 2. The number of hydrogen-bond donors (Lipinski definition) is 1. The first-order chi connectivity index (χ1) is 14.3. The Kier molecular flexibility index (Phi) is 5.16. The van der Waals surface area contributed by atoms with Gasteiger partial charge in [-0.1, -0.05) is 48.5 Å². The largest absolute Gasteiger partial charge is 0.416 e. The lowest BCUT2D eigenvalue weighted by Crippen LogP contribution is -2.05. The molecule has 0 radical (unpaired) electrons. The first-order valence-electron chi connectivity index (χ1n) is 9.56. The van der Waals surface area contributed by atoms with E-state index in [1.54, 1.807) is 19.1 Å². The molecule has 152 valence electrons. The molecule has 0 unspecified atom stereocenters. The normalized spacial score (nSPS) is 11.7. The SMILES string of the molecule is CC(=O)c1ccccc1-c1ccc2nc(CCc3cccc(C(F)(F)F)c3)[nH]c2c1. The van der Waals surface area contributed by atoms with Gasteiger partial charge in [0.15, 0.2) is 5.78 Å². The van der Waals surface area contributed by atoms with Crippen LogP contribution >= 0.6 is 0 Å². The van der Waals surface area contributed by atoms with E-state index in [-0.39, 0.29) is 5.78 Å². The van der Waals surface area contributed by atoms with E-state index in [1.807, 2.05) is 36.4 Å². The van der Waals surface area contributed by atoms with Crippen LogP contribution in [0.3, 0.4) is 0 Å². The van der Waals surface area contributed by atoms with Gasteiger partial charge in [0.2, 0.25) is 0 Å². The number of nitrogens with zero attached hydrogens (tertiary/aromatic N) is 1. The second-order valence-corrected chi connectivity index (χ2v) is 7.22. The number of aromatic nitrogens is 2. The molecule has 30 heavy (non-hydrogen) atoms. The van der Waals surface area contributed by atoms with Crippen molar-refractivity contribution in [3.05, 3.63) is 89.2 Å². The van der Waals surface area contributed by atoms with Gasteiger partial charge in [-0.3, -0.25) is 4.79 Å². The summed E-state index contributed by atoms with van der Waals surface area (Å²) in [5.74, 6) is 0.705. The summed E-state index contributed by atoms with van der Waals surface area (Å²) in [5, 5.41) is 0. The molecule has 0 saturated carbocycles. The van der Waals surface area contributed by atoms with Crippen LogP contribution in [-0.2, 0) is 19.0 Å². The average molecular weight is 408 g/mol. The van der Waals surface area contributed by atoms with Gasteiger partial charge in [0.25, 0.3) is 0 Å². The van der Waals surface area contributed by atoms with Crippen molar-refractivity contribution in [3.8, 4) is 11.1 Å². The molecule has 1 N–H and O–H groups in total. The fraction of sp³-hybridized carbons (Fsp3) is 0.167. The van der Waals surface area contributed by atoms with Crippen molar-refractivity contribution in [1.82, 2.24) is 9.97 Å². The minimum absolute atomic E-state index is 0.00270. The molecule has 3 aromatic carbocycles. The molecule has 0 atom stereocenters. The second-order valence-electron chi connectivity index (χ2n) is 7.22. The van der Waals surface area contributed by atoms with E-state index in [2.05, 4.69) is 9.97 Å². The Morgan fingerprint density at radius 2 is 1.77 bits per heavy atom. The van der Waals surface area contributed by atoms with E-state index in [4.69, 9.17) is 0 Å². The predicted octanol–water partition coefficient (Wildman–Crippen LogP) is 6.24. The van der Waals surface area contributed by atoms with Gasteiger partial charge in [-0.15, -0.1) is 0 Å². The zero-order valence-corrected chi connectivity index (χ0v) is 16.3. The maximum atomic E-state index is 12.9. The number of fused-ring (bicyclic) bond motifs is 1. The van der Waals surface area contributed by atoms with Crippen molar-refractivity contribution in [2.24, 2.45) is 0 Å². The zero-order valence-electron chi connectivity index (χ0n) is 16.3. The summed E-state index contributed by atoms with van der Waals surface area (Å²) in [4.78, 5) is 19.7. The van der Waals surface area contributed by atoms with Crippen LogP contribution in [-0.4, -0.2) is 15.8 Å². The van der Waals surface area contributed by atoms with E-state index in [0.29, 0.717) is 29.8 Å². The number of alkyl halides is 3. The number of Topliss-reactive ketones (excluding diaryl/α,β-unsaturated/α-hetero) is 1. The van der Waals surface area contributed by atoms with Crippen molar-refractivity contribution in [2.45, 2.75) is 25.9 Å². The highest BCUT2D eigenvalue weighted by Crippen LogP contribution is 2.30. The van der Waals surface area contributed by atoms with E-state index in [9.17, 15) is 18.0 Å². The molecule has 1 heterocycles. The van der Waals surface area contributed by atoms with E-state index in [0.717, 1.165) is 28.2 Å². The lowest BCUT2D eigenvalue weighted by Gasteiger charge is -2.08. The maximum absolute atomic E-state index is 12.9. The van der Waals surface area contributed by atoms with Crippen molar-refractivity contribution in [2.75, 3.05) is 0 Å².